The van der Waals surface area contributed by atoms with Gasteiger partial charge in [0.05, 0.1) is 23.4 Å². The minimum atomic E-state index is -0.742. The van der Waals surface area contributed by atoms with E-state index in [9.17, 15) is 14.4 Å². The van der Waals surface area contributed by atoms with Gasteiger partial charge in [-0.2, -0.15) is 10.2 Å². The van der Waals surface area contributed by atoms with E-state index in [1.807, 2.05) is 51.1 Å². The highest BCUT2D eigenvalue weighted by Gasteiger charge is 2.57. The van der Waals surface area contributed by atoms with Crippen molar-refractivity contribution in [2.45, 2.75) is 51.6 Å². The van der Waals surface area contributed by atoms with E-state index in [-0.39, 0.29) is 29.5 Å². The zero-order valence-electron chi connectivity index (χ0n) is 20.2. The van der Waals surface area contributed by atoms with E-state index in [1.54, 1.807) is 18.2 Å². The van der Waals surface area contributed by atoms with E-state index in [4.69, 9.17) is 9.72 Å². The number of benzene rings is 2. The number of nitrogens with zero attached hydrogens (tertiary/aromatic N) is 3. The van der Waals surface area contributed by atoms with Gasteiger partial charge in [0.1, 0.15) is 11.7 Å². The molecule has 0 aliphatic heterocycles. The Bertz CT molecular complexity index is 1320. The average molecular weight is 470 g/mol. The Labute approximate surface area is 205 Å². The van der Waals surface area contributed by atoms with Crippen molar-refractivity contribution in [2.24, 2.45) is 17.8 Å². The highest BCUT2D eigenvalue weighted by atomic mass is 19.1. The van der Waals surface area contributed by atoms with Crippen molar-refractivity contribution >= 4 is 5.78 Å². The number of halogens is 1. The Morgan fingerprint density at radius 2 is 1.83 bits per heavy atom. The van der Waals surface area contributed by atoms with Crippen LogP contribution in [-0.2, 0) is 16.6 Å². The summed E-state index contributed by atoms with van der Waals surface area (Å²) in [6, 6.07) is 18.7. The molecule has 1 heterocycles. The summed E-state index contributed by atoms with van der Waals surface area (Å²) in [5.41, 5.74) is 2.27. The number of carbonyl (C=O) groups is 1. The molecule has 3 aromatic rings. The molecule has 5 nitrogen and oxygen atoms in total. The van der Waals surface area contributed by atoms with Gasteiger partial charge < -0.3 is 4.74 Å². The molecule has 0 saturated heterocycles. The molecule has 35 heavy (non-hydrogen) atoms. The molecule has 5 rings (SSSR count). The third-order valence-electron chi connectivity index (χ3n) is 7.56. The van der Waals surface area contributed by atoms with Crippen LogP contribution >= 0.6 is 0 Å². The number of ether oxygens (including phenoxy) is 1. The van der Waals surface area contributed by atoms with Crippen LogP contribution in [0.1, 0.15) is 50.4 Å². The minimum absolute atomic E-state index is 0.00505. The van der Waals surface area contributed by atoms with Crippen molar-refractivity contribution in [1.82, 2.24) is 9.97 Å². The predicted octanol–water partition coefficient (Wildman–Crippen LogP) is 5.67. The van der Waals surface area contributed by atoms with Crippen molar-refractivity contribution in [3.63, 3.8) is 0 Å². The molecule has 0 radical (unpaired) electrons. The van der Waals surface area contributed by atoms with Gasteiger partial charge in [0, 0.05) is 16.9 Å². The number of fused-ring (bicyclic) bond motifs is 3. The largest absolute Gasteiger partial charge is 0.475 e. The zero-order valence-corrected chi connectivity index (χ0v) is 20.2. The van der Waals surface area contributed by atoms with Crippen LogP contribution in [0.3, 0.4) is 0 Å². The van der Waals surface area contributed by atoms with Gasteiger partial charge in [-0.05, 0) is 56.7 Å². The van der Waals surface area contributed by atoms with Crippen molar-refractivity contribution in [3.8, 4) is 23.3 Å². The maximum atomic E-state index is 14.9. The highest BCUT2D eigenvalue weighted by Crippen LogP contribution is 2.57. The van der Waals surface area contributed by atoms with Gasteiger partial charge >= 0.3 is 0 Å². The Morgan fingerprint density at radius 3 is 2.51 bits per heavy atom. The maximum absolute atomic E-state index is 14.9. The number of hydrogen-bond acceptors (Lipinski definition) is 5. The minimum Gasteiger partial charge on any atom is -0.475 e. The smallest absolute Gasteiger partial charge is 0.220 e. The molecular weight excluding hydrogens is 441 g/mol. The standard InChI is InChI=1S/C29H28FN3O2/c1-17(2)35-28-22-13-14-23-18(3)25(34)19(16-31)15-29(23,20-9-5-4-6-10-20)26(22)32-27(33-28)21-11-7-8-12-24(21)30/h4-12,17-19,23H,13-15H2,1-3H3/t18-,19?,23-,29-/m0/s1. The van der Waals surface area contributed by atoms with Gasteiger partial charge in [-0.1, -0.05) is 49.4 Å². The molecule has 1 aromatic heterocycles. The molecule has 0 amide bonds. The Hall–Kier alpha value is -3.59. The third-order valence-corrected chi connectivity index (χ3v) is 7.56. The molecule has 6 heteroatoms. The summed E-state index contributed by atoms with van der Waals surface area (Å²) in [5, 5.41) is 9.94. The second-order valence-corrected chi connectivity index (χ2v) is 9.89. The van der Waals surface area contributed by atoms with Crippen molar-refractivity contribution in [2.75, 3.05) is 0 Å². The van der Waals surface area contributed by atoms with Crippen molar-refractivity contribution in [1.29, 1.82) is 5.26 Å². The lowest BCUT2D eigenvalue weighted by molar-refractivity contribution is -0.131. The first-order valence-electron chi connectivity index (χ1n) is 12.2. The average Bonchev–Trinajstić information content (AvgIpc) is 2.86. The second kappa shape index (κ2) is 8.88. The molecule has 0 N–H and O–H groups in total. The fourth-order valence-corrected chi connectivity index (χ4v) is 6.04. The van der Waals surface area contributed by atoms with E-state index < -0.39 is 17.2 Å². The van der Waals surface area contributed by atoms with E-state index >= 15 is 0 Å². The maximum Gasteiger partial charge on any atom is 0.220 e. The molecule has 178 valence electrons. The summed E-state index contributed by atoms with van der Waals surface area (Å²) >= 11 is 0. The molecule has 1 fully saturated rings. The predicted molar refractivity (Wildman–Crippen MR) is 130 cm³/mol. The molecule has 4 atom stereocenters. The van der Waals surface area contributed by atoms with Gasteiger partial charge in [-0.3, -0.25) is 4.79 Å². The fraction of sp³-hybridized carbons (Fsp3) is 0.379. The molecule has 1 unspecified atom stereocenters. The van der Waals surface area contributed by atoms with Crippen LogP contribution in [0.4, 0.5) is 4.39 Å². The normalized spacial score (nSPS) is 25.5. The molecule has 1 saturated carbocycles. The molecule has 0 spiro atoms. The summed E-state index contributed by atoms with van der Waals surface area (Å²) < 4.78 is 21.0. The molecule has 2 aromatic carbocycles. The summed E-state index contributed by atoms with van der Waals surface area (Å²) in [7, 11) is 0. The number of Topliss-reactive ketones (excluding diaryl/α,β-unsaturated/α-hetero) is 1. The van der Waals surface area contributed by atoms with Crippen LogP contribution in [0.15, 0.2) is 54.6 Å². The zero-order chi connectivity index (χ0) is 24.7. The van der Waals surface area contributed by atoms with Gasteiger partial charge in [-0.15, -0.1) is 0 Å². The van der Waals surface area contributed by atoms with E-state index in [0.717, 1.165) is 23.2 Å². The van der Waals surface area contributed by atoms with Gasteiger partial charge in [0.25, 0.3) is 0 Å². The van der Waals surface area contributed by atoms with Crippen LogP contribution in [0.2, 0.25) is 0 Å². The topological polar surface area (TPSA) is 75.9 Å². The number of nitriles is 1. The van der Waals surface area contributed by atoms with Crippen molar-refractivity contribution in [3.05, 3.63) is 77.2 Å². The number of carbonyl (C=O) groups excluding carboxylic acids is 1. The first-order valence-corrected chi connectivity index (χ1v) is 12.2. The number of ketones is 1. The number of rotatable bonds is 4. The Balaban J connectivity index is 1.84. The first kappa shape index (κ1) is 23.2. The lowest BCUT2D eigenvalue weighted by atomic mass is 9.51. The van der Waals surface area contributed by atoms with Crippen molar-refractivity contribution < 1.29 is 13.9 Å². The Morgan fingerprint density at radius 1 is 1.11 bits per heavy atom. The number of aromatic nitrogens is 2. The fourth-order valence-electron chi connectivity index (χ4n) is 6.04. The first-order chi connectivity index (χ1) is 16.9. The SMILES string of the molecule is CC(C)Oc1nc(-c2ccccc2F)nc2c1CC[C@H]1[C@H](C)C(=O)C(C#N)C[C@@]21c1ccccc1. The summed E-state index contributed by atoms with van der Waals surface area (Å²) in [6.07, 6.45) is 1.61. The second-order valence-electron chi connectivity index (χ2n) is 9.89. The van der Waals surface area contributed by atoms with Gasteiger partial charge in [0.2, 0.25) is 5.88 Å². The molecule has 2 aliphatic rings. The molecule has 0 bridgehead atoms. The van der Waals surface area contributed by atoms with E-state index in [2.05, 4.69) is 11.1 Å². The third kappa shape index (κ3) is 3.70. The van der Waals surface area contributed by atoms with E-state index in [0.29, 0.717) is 24.3 Å². The van der Waals surface area contributed by atoms with Crippen LogP contribution < -0.4 is 4.74 Å². The number of hydrogen-bond donors (Lipinski definition) is 0. The van der Waals surface area contributed by atoms with Crippen LogP contribution in [-0.4, -0.2) is 21.9 Å². The lowest BCUT2D eigenvalue weighted by Gasteiger charge is -2.51. The summed E-state index contributed by atoms with van der Waals surface area (Å²) in [5.74, 6) is -0.788. The van der Waals surface area contributed by atoms with Crippen LogP contribution in [0.25, 0.3) is 11.4 Å². The highest BCUT2D eigenvalue weighted by molar-refractivity contribution is 5.87. The quantitative estimate of drug-likeness (QED) is 0.492. The lowest BCUT2D eigenvalue weighted by Crippen LogP contribution is -2.53. The van der Waals surface area contributed by atoms with Gasteiger partial charge in [0.15, 0.2) is 11.6 Å². The molecule has 2 aliphatic carbocycles. The van der Waals surface area contributed by atoms with Crippen LogP contribution in [0, 0.1) is 34.9 Å². The summed E-state index contributed by atoms with van der Waals surface area (Å²) in [6.45, 7) is 5.80. The monoisotopic (exact) mass is 469 g/mol. The van der Waals surface area contributed by atoms with Gasteiger partial charge in [-0.25, -0.2) is 9.37 Å². The van der Waals surface area contributed by atoms with Crippen LogP contribution in [0.5, 0.6) is 5.88 Å². The molecular formula is C29H28FN3O2. The Kier molecular flexibility index (Phi) is 5.88. The summed E-state index contributed by atoms with van der Waals surface area (Å²) in [4.78, 5) is 22.8. The van der Waals surface area contributed by atoms with E-state index in [1.165, 1.54) is 6.07 Å².